The van der Waals surface area contributed by atoms with E-state index in [0.717, 1.165) is 38.8 Å². The Hall–Kier alpha value is -3.31. The Kier molecular flexibility index (Phi) is 4.25. The molecule has 1 heterocycles. The van der Waals surface area contributed by atoms with Crippen LogP contribution in [0.4, 0.5) is 5.69 Å². The normalized spacial score (nSPS) is 11.5. The number of rotatable bonds is 2. The van der Waals surface area contributed by atoms with Gasteiger partial charge in [-0.15, -0.1) is 0 Å². The summed E-state index contributed by atoms with van der Waals surface area (Å²) in [5.74, 6) is 0. The van der Waals surface area contributed by atoms with Gasteiger partial charge in [0.15, 0.2) is 0 Å². The topological polar surface area (TPSA) is 39.2 Å². The largest absolute Gasteiger partial charge is 0.455 e. The Labute approximate surface area is 193 Å². The van der Waals surface area contributed by atoms with E-state index in [2.05, 4.69) is 95.4 Å². The maximum atomic E-state index is 6.42. The molecule has 31 heavy (non-hydrogen) atoms. The minimum absolute atomic E-state index is 0.756. The van der Waals surface area contributed by atoms with E-state index in [1.807, 2.05) is 24.3 Å². The molecule has 0 saturated heterocycles. The van der Waals surface area contributed by atoms with Gasteiger partial charge in [0.25, 0.3) is 0 Å². The van der Waals surface area contributed by atoms with Gasteiger partial charge in [-0.05, 0) is 74.3 Å². The van der Waals surface area contributed by atoms with Crippen LogP contribution in [0.15, 0.2) is 101 Å². The average Bonchev–Trinajstić information content (AvgIpc) is 3.20. The van der Waals surface area contributed by atoms with E-state index in [0.29, 0.717) is 0 Å². The fraction of sp³-hybridized carbons (Fsp3) is 0. The van der Waals surface area contributed by atoms with E-state index < -0.39 is 0 Å². The summed E-state index contributed by atoms with van der Waals surface area (Å²) in [6, 6.07) is 33.6. The number of fused-ring (bicyclic) bond motifs is 4. The van der Waals surface area contributed by atoms with E-state index in [1.165, 1.54) is 25.5 Å². The van der Waals surface area contributed by atoms with E-state index in [9.17, 15) is 0 Å². The Morgan fingerprint density at radius 3 is 2.13 bits per heavy atom. The van der Waals surface area contributed by atoms with Crippen molar-refractivity contribution in [2.24, 2.45) is 0 Å². The van der Waals surface area contributed by atoms with Crippen LogP contribution in [0.3, 0.4) is 0 Å². The minimum Gasteiger partial charge on any atom is -0.455 e. The number of nitrogens with two attached hydrogens (primary N) is 1. The molecule has 0 unspecified atom stereocenters. The maximum Gasteiger partial charge on any atom is 0.143 e. The molecule has 0 aliphatic heterocycles. The molecule has 6 rings (SSSR count). The summed E-state index contributed by atoms with van der Waals surface area (Å²) in [5.41, 5.74) is 13.1. The lowest BCUT2D eigenvalue weighted by molar-refractivity contribution is 0.670. The summed E-state index contributed by atoms with van der Waals surface area (Å²) in [5, 5.41) is 4.80. The molecule has 2 N–H and O–H groups in total. The molecule has 0 amide bonds. The molecule has 2 nitrogen and oxygen atoms in total. The second kappa shape index (κ2) is 7.13. The predicted octanol–water partition coefficient (Wildman–Crippen LogP) is 8.26. The number of halogens is 1. The number of benzene rings is 5. The van der Waals surface area contributed by atoms with Crippen molar-refractivity contribution in [1.29, 1.82) is 0 Å². The van der Waals surface area contributed by atoms with Crippen LogP contribution in [0, 0.1) is 3.57 Å². The van der Waals surface area contributed by atoms with Crippen molar-refractivity contribution in [2.75, 3.05) is 5.73 Å². The van der Waals surface area contributed by atoms with Gasteiger partial charge in [0, 0.05) is 25.6 Å². The monoisotopic (exact) mass is 511 g/mol. The molecule has 148 valence electrons. The van der Waals surface area contributed by atoms with E-state index in [4.69, 9.17) is 10.2 Å². The molecule has 0 radical (unpaired) electrons. The molecule has 0 atom stereocenters. The van der Waals surface area contributed by atoms with Gasteiger partial charge in [-0.1, -0.05) is 72.8 Å². The molecular formula is C28H18INO. The minimum atomic E-state index is 0.756. The Balaban J connectivity index is 1.71. The summed E-state index contributed by atoms with van der Waals surface area (Å²) in [6.45, 7) is 0. The van der Waals surface area contributed by atoms with Gasteiger partial charge < -0.3 is 10.2 Å². The molecule has 5 aromatic carbocycles. The van der Waals surface area contributed by atoms with Gasteiger partial charge in [0.2, 0.25) is 0 Å². The van der Waals surface area contributed by atoms with Crippen LogP contribution in [0.2, 0.25) is 0 Å². The predicted molar refractivity (Wildman–Crippen MR) is 139 cm³/mol. The number of para-hydroxylation sites is 1. The van der Waals surface area contributed by atoms with Gasteiger partial charge >= 0.3 is 0 Å². The smallest absolute Gasteiger partial charge is 0.143 e. The fourth-order valence-corrected chi connectivity index (χ4v) is 5.35. The summed E-state index contributed by atoms with van der Waals surface area (Å²) < 4.78 is 7.68. The third kappa shape index (κ3) is 2.92. The molecule has 3 heteroatoms. The molecule has 6 aromatic rings. The van der Waals surface area contributed by atoms with Crippen molar-refractivity contribution >= 4 is 61.0 Å². The third-order valence-corrected chi connectivity index (χ3v) is 7.06. The summed E-state index contributed by atoms with van der Waals surface area (Å²) in [7, 11) is 0. The zero-order chi connectivity index (χ0) is 20.9. The van der Waals surface area contributed by atoms with Crippen LogP contribution < -0.4 is 5.73 Å². The number of anilines is 1. The lowest BCUT2D eigenvalue weighted by Gasteiger charge is -2.12. The lowest BCUT2D eigenvalue weighted by atomic mass is 9.93. The van der Waals surface area contributed by atoms with Gasteiger partial charge in [-0.25, -0.2) is 0 Å². The summed E-state index contributed by atoms with van der Waals surface area (Å²) in [6.07, 6.45) is 0. The Bertz CT molecular complexity index is 1600. The average molecular weight is 511 g/mol. The first-order valence-corrected chi connectivity index (χ1v) is 11.3. The SMILES string of the molecule is Nc1ccc(-c2ccc(-c3ccc4ccccc4c3I)c3c2oc2ccccc23)cc1. The zero-order valence-electron chi connectivity index (χ0n) is 16.6. The van der Waals surface area contributed by atoms with Crippen LogP contribution in [-0.2, 0) is 0 Å². The highest BCUT2D eigenvalue weighted by molar-refractivity contribution is 14.1. The van der Waals surface area contributed by atoms with Crippen LogP contribution in [0.5, 0.6) is 0 Å². The second-order valence-corrected chi connectivity index (χ2v) is 8.81. The third-order valence-electron chi connectivity index (χ3n) is 5.90. The van der Waals surface area contributed by atoms with E-state index in [-0.39, 0.29) is 0 Å². The number of hydrogen-bond acceptors (Lipinski definition) is 2. The summed E-state index contributed by atoms with van der Waals surface area (Å²) >= 11 is 2.48. The first-order chi connectivity index (χ1) is 15.2. The molecule has 0 saturated carbocycles. The van der Waals surface area contributed by atoms with Crippen LogP contribution in [0.25, 0.3) is 55.0 Å². The van der Waals surface area contributed by atoms with Gasteiger partial charge in [-0.2, -0.15) is 0 Å². The van der Waals surface area contributed by atoms with Gasteiger partial charge in [0.1, 0.15) is 11.2 Å². The van der Waals surface area contributed by atoms with Crippen molar-refractivity contribution in [3.8, 4) is 22.3 Å². The molecule has 0 spiro atoms. The molecule has 1 aromatic heterocycles. The fourth-order valence-electron chi connectivity index (χ4n) is 4.38. The highest BCUT2D eigenvalue weighted by atomic mass is 127. The van der Waals surface area contributed by atoms with Gasteiger partial charge in [0.05, 0.1) is 0 Å². The van der Waals surface area contributed by atoms with E-state index in [1.54, 1.807) is 0 Å². The number of hydrogen-bond donors (Lipinski definition) is 1. The number of furan rings is 1. The Morgan fingerprint density at radius 1 is 0.613 bits per heavy atom. The van der Waals surface area contributed by atoms with Crippen molar-refractivity contribution in [3.05, 3.63) is 101 Å². The first-order valence-electron chi connectivity index (χ1n) is 10.2. The highest BCUT2D eigenvalue weighted by Gasteiger charge is 2.18. The molecule has 0 aliphatic rings. The van der Waals surface area contributed by atoms with Crippen LogP contribution in [0.1, 0.15) is 0 Å². The lowest BCUT2D eigenvalue weighted by Crippen LogP contribution is -1.89. The molecule has 0 fully saturated rings. The van der Waals surface area contributed by atoms with Crippen LogP contribution >= 0.6 is 22.6 Å². The van der Waals surface area contributed by atoms with Gasteiger partial charge in [-0.3, -0.25) is 0 Å². The second-order valence-electron chi connectivity index (χ2n) is 7.73. The zero-order valence-corrected chi connectivity index (χ0v) is 18.8. The van der Waals surface area contributed by atoms with E-state index >= 15 is 0 Å². The van der Waals surface area contributed by atoms with Crippen molar-refractivity contribution < 1.29 is 4.42 Å². The molecule has 0 aliphatic carbocycles. The highest BCUT2D eigenvalue weighted by Crippen LogP contribution is 2.43. The van der Waals surface area contributed by atoms with Crippen molar-refractivity contribution in [2.45, 2.75) is 0 Å². The summed E-state index contributed by atoms with van der Waals surface area (Å²) in [4.78, 5) is 0. The molecule has 0 bridgehead atoms. The first kappa shape index (κ1) is 18.5. The maximum absolute atomic E-state index is 6.42. The standard InChI is InChI=1S/C28H18INO/c29-27-20-6-2-1-5-17(20)11-14-23(27)22-16-15-21(18-9-12-19(30)13-10-18)28-26(22)24-7-3-4-8-25(24)31-28/h1-16H,30H2. The number of nitrogen functional groups attached to an aromatic ring is 1. The van der Waals surface area contributed by atoms with Crippen LogP contribution in [-0.4, -0.2) is 0 Å². The molecular weight excluding hydrogens is 493 g/mol. The quantitative estimate of drug-likeness (QED) is 0.188. The van der Waals surface area contributed by atoms with Crippen molar-refractivity contribution in [1.82, 2.24) is 0 Å². The van der Waals surface area contributed by atoms with Crippen molar-refractivity contribution in [3.63, 3.8) is 0 Å². The Morgan fingerprint density at radius 2 is 1.29 bits per heavy atom.